The maximum Gasteiger partial charge on any atom is 0.261 e. The lowest BCUT2D eigenvalue weighted by Crippen LogP contribution is -2.28. The summed E-state index contributed by atoms with van der Waals surface area (Å²) in [6.07, 6.45) is 1.72. The van der Waals surface area contributed by atoms with E-state index < -0.39 is 25.7 Å². The van der Waals surface area contributed by atoms with Crippen molar-refractivity contribution >= 4 is 37.2 Å². The third-order valence-corrected chi connectivity index (χ3v) is 4.62. The number of benzene rings is 1. The quantitative estimate of drug-likeness (QED) is 0.785. The summed E-state index contributed by atoms with van der Waals surface area (Å²) in [5.74, 6) is -1.46. The minimum atomic E-state index is -4.12. The molecule has 19 heavy (non-hydrogen) atoms. The molecule has 8 heteroatoms. The number of likely N-dealkylation sites (tertiary alicyclic amines) is 1. The van der Waals surface area contributed by atoms with Gasteiger partial charge in [-0.25, -0.2) is 12.8 Å². The maximum atomic E-state index is 13.6. The molecule has 1 aliphatic rings. The largest absolute Gasteiger partial charge is 0.339 e. The Bertz CT molecular complexity index is 627. The number of carbonyl (C=O) groups excluding carboxylic acids is 1. The monoisotopic (exact) mass is 325 g/mol. The van der Waals surface area contributed by atoms with Crippen LogP contribution in [0.25, 0.3) is 0 Å². The molecule has 0 unspecified atom stereocenters. The Morgan fingerprint density at radius 3 is 2.37 bits per heavy atom. The van der Waals surface area contributed by atoms with Crippen molar-refractivity contribution in [2.45, 2.75) is 17.7 Å². The van der Waals surface area contributed by atoms with Crippen LogP contribution < -0.4 is 0 Å². The van der Waals surface area contributed by atoms with Gasteiger partial charge in [-0.3, -0.25) is 4.79 Å². The molecule has 1 fully saturated rings. The summed E-state index contributed by atoms with van der Waals surface area (Å²) in [5.41, 5.74) is -0.178. The van der Waals surface area contributed by atoms with Crippen LogP contribution in [-0.4, -0.2) is 32.3 Å². The van der Waals surface area contributed by atoms with Crippen molar-refractivity contribution < 1.29 is 17.6 Å². The number of nitrogens with zero attached hydrogens (tertiary/aromatic N) is 1. The van der Waals surface area contributed by atoms with Crippen LogP contribution in [0.4, 0.5) is 4.39 Å². The van der Waals surface area contributed by atoms with Gasteiger partial charge in [0, 0.05) is 23.8 Å². The fraction of sp³-hybridized carbons (Fsp3) is 0.364. The van der Waals surface area contributed by atoms with Crippen molar-refractivity contribution in [3.05, 3.63) is 28.5 Å². The Kier molecular flexibility index (Phi) is 4.03. The topological polar surface area (TPSA) is 54.5 Å². The molecule has 0 saturated carbocycles. The van der Waals surface area contributed by atoms with Crippen LogP contribution in [0.1, 0.15) is 23.2 Å². The first-order valence-corrected chi connectivity index (χ1v) is 8.22. The second kappa shape index (κ2) is 5.26. The Hall–Kier alpha value is -0.850. The third kappa shape index (κ3) is 3.01. The number of hydrogen-bond acceptors (Lipinski definition) is 3. The highest BCUT2D eigenvalue weighted by Crippen LogP contribution is 2.28. The Labute approximate surface area is 119 Å². The normalized spacial score (nSPS) is 15.8. The number of hydrogen-bond donors (Lipinski definition) is 0. The van der Waals surface area contributed by atoms with Crippen molar-refractivity contribution in [3.8, 4) is 0 Å². The van der Waals surface area contributed by atoms with Gasteiger partial charge in [-0.15, -0.1) is 0 Å². The molecule has 1 aliphatic heterocycles. The fourth-order valence-electron chi connectivity index (χ4n) is 1.95. The Morgan fingerprint density at radius 2 is 1.84 bits per heavy atom. The van der Waals surface area contributed by atoms with E-state index in [0.29, 0.717) is 19.2 Å². The van der Waals surface area contributed by atoms with E-state index in [9.17, 15) is 17.6 Å². The van der Waals surface area contributed by atoms with E-state index in [4.69, 9.17) is 22.3 Å². The van der Waals surface area contributed by atoms with Crippen molar-refractivity contribution in [3.63, 3.8) is 0 Å². The summed E-state index contributed by atoms with van der Waals surface area (Å²) < 4.78 is 36.0. The van der Waals surface area contributed by atoms with E-state index in [-0.39, 0.29) is 10.6 Å². The number of halogens is 3. The maximum absolute atomic E-state index is 13.6. The molecule has 0 radical (unpaired) electrons. The van der Waals surface area contributed by atoms with Crippen LogP contribution in [0.3, 0.4) is 0 Å². The highest BCUT2D eigenvalue weighted by molar-refractivity contribution is 8.13. The van der Waals surface area contributed by atoms with Crippen molar-refractivity contribution in [2.24, 2.45) is 0 Å². The van der Waals surface area contributed by atoms with E-state index in [0.717, 1.165) is 18.9 Å². The minimum Gasteiger partial charge on any atom is -0.339 e. The molecule has 1 amide bonds. The van der Waals surface area contributed by atoms with Gasteiger partial charge in [0.05, 0.1) is 15.5 Å². The zero-order valence-electron chi connectivity index (χ0n) is 9.70. The van der Waals surface area contributed by atoms with Gasteiger partial charge in [0.25, 0.3) is 15.0 Å². The van der Waals surface area contributed by atoms with Gasteiger partial charge in [-0.2, -0.15) is 0 Å². The first-order valence-electron chi connectivity index (χ1n) is 5.53. The third-order valence-electron chi connectivity index (χ3n) is 2.91. The van der Waals surface area contributed by atoms with Crippen molar-refractivity contribution in [2.75, 3.05) is 13.1 Å². The van der Waals surface area contributed by atoms with Crippen molar-refractivity contribution in [1.82, 2.24) is 4.90 Å². The summed E-state index contributed by atoms with van der Waals surface area (Å²) in [4.78, 5) is 13.2. The average molecular weight is 326 g/mol. The van der Waals surface area contributed by atoms with Gasteiger partial charge in [-0.05, 0) is 25.0 Å². The molecule has 1 heterocycles. The van der Waals surface area contributed by atoms with Crippen LogP contribution in [0.5, 0.6) is 0 Å². The number of carbonyl (C=O) groups is 1. The van der Waals surface area contributed by atoms with E-state index in [1.54, 1.807) is 0 Å². The lowest BCUT2D eigenvalue weighted by Gasteiger charge is -2.16. The van der Waals surface area contributed by atoms with E-state index in [2.05, 4.69) is 0 Å². The highest BCUT2D eigenvalue weighted by Gasteiger charge is 2.25. The van der Waals surface area contributed by atoms with E-state index in [1.165, 1.54) is 4.90 Å². The Balaban J connectivity index is 2.50. The molecule has 104 valence electrons. The summed E-state index contributed by atoms with van der Waals surface area (Å²) in [6, 6.07) is 1.71. The van der Waals surface area contributed by atoms with Crippen LogP contribution in [-0.2, 0) is 9.05 Å². The summed E-state index contributed by atoms with van der Waals surface area (Å²) in [5, 5.41) is -0.388. The van der Waals surface area contributed by atoms with Crippen LogP contribution in [0.2, 0.25) is 5.02 Å². The molecular weight excluding hydrogens is 316 g/mol. The molecular formula is C11H10Cl2FNO3S. The van der Waals surface area contributed by atoms with Gasteiger partial charge in [0.2, 0.25) is 0 Å². The molecule has 0 N–H and O–H groups in total. The van der Waals surface area contributed by atoms with E-state index in [1.807, 2.05) is 0 Å². The molecule has 0 aliphatic carbocycles. The summed E-state index contributed by atoms with van der Waals surface area (Å²) in [6.45, 7) is 1.10. The molecule has 2 rings (SSSR count). The predicted molar refractivity (Wildman–Crippen MR) is 69.6 cm³/mol. The van der Waals surface area contributed by atoms with Crippen LogP contribution >= 0.6 is 22.3 Å². The summed E-state index contributed by atoms with van der Waals surface area (Å²) >= 11 is 5.73. The zero-order chi connectivity index (χ0) is 14.2. The number of amides is 1. The molecule has 0 spiro atoms. The van der Waals surface area contributed by atoms with Gasteiger partial charge in [0.1, 0.15) is 5.82 Å². The smallest absolute Gasteiger partial charge is 0.261 e. The Morgan fingerprint density at radius 1 is 1.26 bits per heavy atom. The first-order chi connectivity index (χ1) is 8.80. The lowest BCUT2D eigenvalue weighted by atomic mass is 10.2. The second-order valence-corrected chi connectivity index (χ2v) is 7.15. The van der Waals surface area contributed by atoms with Gasteiger partial charge < -0.3 is 4.90 Å². The van der Waals surface area contributed by atoms with Crippen LogP contribution in [0.15, 0.2) is 17.0 Å². The molecule has 4 nitrogen and oxygen atoms in total. The fourth-order valence-corrected chi connectivity index (χ4v) is 2.91. The highest BCUT2D eigenvalue weighted by atomic mass is 35.7. The minimum absolute atomic E-state index is 0.178. The zero-order valence-corrected chi connectivity index (χ0v) is 12.0. The molecule has 0 bridgehead atoms. The predicted octanol–water partition coefficient (Wildman–Crippen LogP) is 2.64. The first kappa shape index (κ1) is 14.6. The van der Waals surface area contributed by atoms with Gasteiger partial charge in [0.15, 0.2) is 0 Å². The summed E-state index contributed by atoms with van der Waals surface area (Å²) in [7, 11) is 1.04. The molecule has 1 aromatic rings. The molecule has 1 saturated heterocycles. The number of rotatable bonds is 2. The van der Waals surface area contributed by atoms with Crippen LogP contribution in [0, 0.1) is 5.82 Å². The molecule has 0 atom stereocenters. The van der Waals surface area contributed by atoms with Crippen molar-refractivity contribution in [1.29, 1.82) is 0 Å². The van der Waals surface area contributed by atoms with E-state index >= 15 is 0 Å². The molecule has 1 aromatic carbocycles. The SMILES string of the molecule is O=C(c1cc(S(=O)(=O)Cl)cc(F)c1Cl)N1CCCC1. The standard InChI is InChI=1S/C11H10Cl2FNO3S/c12-10-8(11(16)15-3-1-2-4-15)5-7(6-9(10)14)19(13,17)18/h5-6H,1-4H2. The second-order valence-electron chi connectivity index (χ2n) is 4.20. The van der Waals surface area contributed by atoms with Gasteiger partial charge >= 0.3 is 0 Å². The molecule has 0 aromatic heterocycles. The average Bonchev–Trinajstić information content (AvgIpc) is 2.83. The van der Waals surface area contributed by atoms with Gasteiger partial charge in [-0.1, -0.05) is 11.6 Å². The lowest BCUT2D eigenvalue weighted by molar-refractivity contribution is 0.0792.